The van der Waals surface area contributed by atoms with E-state index in [1.54, 1.807) is 24.3 Å². The SMILES string of the molecule is CCOc1ccc(NC(=O)Nc2nnc(-c3cccc(C)c3)s2)cc1. The summed E-state index contributed by atoms with van der Waals surface area (Å²) in [5.41, 5.74) is 2.80. The summed E-state index contributed by atoms with van der Waals surface area (Å²) in [6.07, 6.45) is 0. The van der Waals surface area contributed by atoms with Crippen molar-refractivity contribution in [3.05, 3.63) is 54.1 Å². The van der Waals surface area contributed by atoms with Crippen LogP contribution < -0.4 is 15.4 Å². The van der Waals surface area contributed by atoms with Gasteiger partial charge < -0.3 is 10.1 Å². The van der Waals surface area contributed by atoms with Crippen molar-refractivity contribution in [3.63, 3.8) is 0 Å². The van der Waals surface area contributed by atoms with E-state index >= 15 is 0 Å². The molecule has 7 heteroatoms. The first-order chi connectivity index (χ1) is 12.1. The second-order valence-electron chi connectivity index (χ2n) is 5.32. The van der Waals surface area contributed by atoms with E-state index in [-0.39, 0.29) is 6.03 Å². The Bertz CT molecular complexity index is 862. The van der Waals surface area contributed by atoms with E-state index in [4.69, 9.17) is 4.74 Å². The van der Waals surface area contributed by atoms with Crippen LogP contribution in [-0.2, 0) is 0 Å². The lowest BCUT2D eigenvalue weighted by atomic mass is 10.1. The summed E-state index contributed by atoms with van der Waals surface area (Å²) in [6.45, 7) is 4.55. The molecule has 0 radical (unpaired) electrons. The minimum atomic E-state index is -0.365. The van der Waals surface area contributed by atoms with Gasteiger partial charge >= 0.3 is 6.03 Å². The molecule has 0 aliphatic rings. The maximum Gasteiger partial charge on any atom is 0.325 e. The van der Waals surface area contributed by atoms with Gasteiger partial charge in [-0.1, -0.05) is 35.1 Å². The molecule has 0 unspecified atom stereocenters. The summed E-state index contributed by atoms with van der Waals surface area (Å²) in [7, 11) is 0. The Kier molecular flexibility index (Phi) is 5.25. The number of benzene rings is 2. The standard InChI is InChI=1S/C18H18N4O2S/c1-3-24-15-9-7-14(8-10-15)19-17(23)20-18-22-21-16(25-18)13-6-4-5-12(2)11-13/h4-11H,3H2,1-2H3,(H2,19,20,22,23). The van der Waals surface area contributed by atoms with Crippen molar-refractivity contribution in [2.24, 2.45) is 0 Å². The van der Waals surface area contributed by atoms with Gasteiger partial charge in [-0.2, -0.15) is 0 Å². The lowest BCUT2D eigenvalue weighted by molar-refractivity contribution is 0.262. The van der Waals surface area contributed by atoms with E-state index in [1.165, 1.54) is 11.3 Å². The van der Waals surface area contributed by atoms with Crippen molar-refractivity contribution >= 4 is 28.2 Å². The van der Waals surface area contributed by atoms with Gasteiger partial charge in [-0.3, -0.25) is 5.32 Å². The minimum absolute atomic E-state index is 0.365. The van der Waals surface area contributed by atoms with Crippen molar-refractivity contribution in [1.29, 1.82) is 0 Å². The highest BCUT2D eigenvalue weighted by molar-refractivity contribution is 7.18. The molecule has 0 saturated heterocycles. The number of amides is 2. The highest BCUT2D eigenvalue weighted by atomic mass is 32.1. The Balaban J connectivity index is 1.61. The predicted molar refractivity (Wildman–Crippen MR) is 100 cm³/mol. The van der Waals surface area contributed by atoms with Gasteiger partial charge in [0.15, 0.2) is 0 Å². The fourth-order valence-corrected chi connectivity index (χ4v) is 2.96. The molecule has 25 heavy (non-hydrogen) atoms. The second kappa shape index (κ2) is 7.76. The van der Waals surface area contributed by atoms with Crippen LogP contribution >= 0.6 is 11.3 Å². The third-order valence-corrected chi connectivity index (χ3v) is 4.22. The third kappa shape index (κ3) is 4.54. The number of nitrogens with zero attached hydrogens (tertiary/aromatic N) is 2. The number of ether oxygens (including phenoxy) is 1. The second-order valence-corrected chi connectivity index (χ2v) is 6.30. The maximum atomic E-state index is 12.1. The molecular formula is C18H18N4O2S. The van der Waals surface area contributed by atoms with Crippen molar-refractivity contribution < 1.29 is 9.53 Å². The third-order valence-electron chi connectivity index (χ3n) is 3.33. The van der Waals surface area contributed by atoms with Crippen LogP contribution in [0, 0.1) is 6.92 Å². The quantitative estimate of drug-likeness (QED) is 0.704. The van der Waals surface area contributed by atoms with E-state index in [0.717, 1.165) is 21.9 Å². The van der Waals surface area contributed by atoms with E-state index in [1.807, 2.05) is 38.1 Å². The number of aromatic nitrogens is 2. The molecule has 2 aromatic carbocycles. The fraction of sp³-hybridized carbons (Fsp3) is 0.167. The van der Waals surface area contributed by atoms with Gasteiger partial charge in [0.1, 0.15) is 10.8 Å². The molecule has 0 spiro atoms. The van der Waals surface area contributed by atoms with Crippen molar-refractivity contribution in [2.45, 2.75) is 13.8 Å². The van der Waals surface area contributed by atoms with Crippen LogP contribution in [0.2, 0.25) is 0 Å². The molecule has 0 atom stereocenters. The summed E-state index contributed by atoms with van der Waals surface area (Å²) < 4.78 is 5.37. The average molecular weight is 354 g/mol. The molecule has 3 rings (SSSR count). The molecule has 2 N–H and O–H groups in total. The molecule has 1 heterocycles. The number of carbonyl (C=O) groups excluding carboxylic acids is 1. The zero-order chi connectivity index (χ0) is 17.6. The largest absolute Gasteiger partial charge is 0.494 e. The molecule has 3 aromatic rings. The number of hydrogen-bond acceptors (Lipinski definition) is 5. The van der Waals surface area contributed by atoms with Crippen LogP contribution in [0.4, 0.5) is 15.6 Å². The van der Waals surface area contributed by atoms with Crippen LogP contribution in [0.1, 0.15) is 12.5 Å². The lowest BCUT2D eigenvalue weighted by Gasteiger charge is -2.06. The number of aryl methyl sites for hydroxylation is 1. The van der Waals surface area contributed by atoms with Crippen LogP contribution in [0.5, 0.6) is 5.75 Å². The molecule has 0 bridgehead atoms. The van der Waals surface area contributed by atoms with E-state index < -0.39 is 0 Å². The molecule has 0 aliphatic heterocycles. The van der Waals surface area contributed by atoms with Crippen LogP contribution in [0.3, 0.4) is 0 Å². The number of urea groups is 1. The topological polar surface area (TPSA) is 76.1 Å². The molecule has 0 aliphatic carbocycles. The highest BCUT2D eigenvalue weighted by Crippen LogP contribution is 2.27. The number of hydrogen-bond donors (Lipinski definition) is 2. The Morgan fingerprint density at radius 3 is 2.64 bits per heavy atom. The van der Waals surface area contributed by atoms with Crippen LogP contribution in [-0.4, -0.2) is 22.8 Å². The molecule has 0 saturated carbocycles. The van der Waals surface area contributed by atoms with E-state index in [0.29, 0.717) is 17.4 Å². The molecular weight excluding hydrogens is 336 g/mol. The summed E-state index contributed by atoms with van der Waals surface area (Å²) in [5, 5.41) is 14.8. The highest BCUT2D eigenvalue weighted by Gasteiger charge is 2.10. The normalized spacial score (nSPS) is 10.3. The monoisotopic (exact) mass is 354 g/mol. The first-order valence-electron chi connectivity index (χ1n) is 7.85. The van der Waals surface area contributed by atoms with Gasteiger partial charge in [0.05, 0.1) is 6.61 Å². The van der Waals surface area contributed by atoms with Gasteiger partial charge in [-0.25, -0.2) is 4.79 Å². The van der Waals surface area contributed by atoms with Gasteiger partial charge in [0.25, 0.3) is 0 Å². The number of anilines is 2. The zero-order valence-corrected chi connectivity index (χ0v) is 14.8. The Morgan fingerprint density at radius 1 is 1.12 bits per heavy atom. The molecule has 128 valence electrons. The van der Waals surface area contributed by atoms with Crippen molar-refractivity contribution in [1.82, 2.24) is 10.2 Å². The smallest absolute Gasteiger partial charge is 0.325 e. The fourth-order valence-electron chi connectivity index (χ4n) is 2.23. The van der Waals surface area contributed by atoms with Gasteiger partial charge in [0, 0.05) is 11.3 Å². The Hall–Kier alpha value is -2.93. The minimum Gasteiger partial charge on any atom is -0.494 e. The van der Waals surface area contributed by atoms with Gasteiger partial charge in [0.2, 0.25) is 5.13 Å². The molecule has 1 aromatic heterocycles. The summed E-state index contributed by atoms with van der Waals surface area (Å²) >= 11 is 1.33. The average Bonchev–Trinajstić information content (AvgIpc) is 3.05. The molecule has 2 amide bonds. The lowest BCUT2D eigenvalue weighted by Crippen LogP contribution is -2.19. The first-order valence-corrected chi connectivity index (χ1v) is 8.67. The maximum absolute atomic E-state index is 12.1. The van der Waals surface area contributed by atoms with Crippen molar-refractivity contribution in [2.75, 3.05) is 17.2 Å². The number of carbonyl (C=O) groups is 1. The van der Waals surface area contributed by atoms with Gasteiger partial charge in [-0.05, 0) is 44.2 Å². The first kappa shape index (κ1) is 16.9. The summed E-state index contributed by atoms with van der Waals surface area (Å²) in [4.78, 5) is 12.1. The number of nitrogens with one attached hydrogen (secondary N) is 2. The summed E-state index contributed by atoms with van der Waals surface area (Å²) in [6, 6.07) is 14.8. The van der Waals surface area contributed by atoms with E-state index in [9.17, 15) is 4.79 Å². The number of rotatable bonds is 5. The molecule has 0 fully saturated rings. The Labute approximate surface area is 149 Å². The van der Waals surface area contributed by atoms with Crippen LogP contribution in [0.15, 0.2) is 48.5 Å². The van der Waals surface area contributed by atoms with E-state index in [2.05, 4.69) is 20.8 Å². The van der Waals surface area contributed by atoms with Gasteiger partial charge in [-0.15, -0.1) is 10.2 Å². The molecule has 6 nitrogen and oxygen atoms in total. The predicted octanol–water partition coefficient (Wildman–Crippen LogP) is 4.56. The Morgan fingerprint density at radius 2 is 1.92 bits per heavy atom. The summed E-state index contributed by atoms with van der Waals surface area (Å²) in [5.74, 6) is 0.764. The zero-order valence-electron chi connectivity index (χ0n) is 13.9. The van der Waals surface area contributed by atoms with Crippen LogP contribution in [0.25, 0.3) is 10.6 Å². The van der Waals surface area contributed by atoms with Crippen molar-refractivity contribution in [3.8, 4) is 16.3 Å².